The van der Waals surface area contributed by atoms with Crippen LogP contribution in [0.25, 0.3) is 5.78 Å². The van der Waals surface area contributed by atoms with Gasteiger partial charge in [0.05, 0.1) is 17.3 Å². The van der Waals surface area contributed by atoms with Crippen LogP contribution in [0.3, 0.4) is 0 Å². The number of aryl methyl sites for hydroxylation is 2. The fourth-order valence-electron chi connectivity index (χ4n) is 4.38. The molecule has 1 atom stereocenters. The number of rotatable bonds is 5. The fourth-order valence-corrected chi connectivity index (χ4v) is 6.94. The second-order valence-electron chi connectivity index (χ2n) is 7.74. The van der Waals surface area contributed by atoms with E-state index in [1.165, 1.54) is 11.8 Å². The summed E-state index contributed by atoms with van der Waals surface area (Å²) in [6.07, 6.45) is 4.66. The standard InChI is InChI=1S/C18H25N5O3S2/c1-12-9-13(2)22-17(19-12)20-21-18(22)27-10-16(24)23(14-5-3-4-6-14)15-7-8-28(25,26)11-15/h9,14-15H,3-8,10-11H2,1-2H3/t15-/m0/s1. The number of amides is 1. The van der Waals surface area contributed by atoms with Crippen molar-refractivity contribution in [2.24, 2.45) is 0 Å². The van der Waals surface area contributed by atoms with E-state index >= 15 is 0 Å². The van der Waals surface area contributed by atoms with Crippen molar-refractivity contribution in [2.45, 2.75) is 63.2 Å². The predicted octanol–water partition coefficient (Wildman–Crippen LogP) is 1.79. The van der Waals surface area contributed by atoms with Crippen molar-refractivity contribution in [3.05, 3.63) is 17.5 Å². The Kier molecular flexibility index (Phi) is 5.34. The second-order valence-corrected chi connectivity index (χ2v) is 10.9. The average Bonchev–Trinajstić information content (AvgIpc) is 3.34. The molecular weight excluding hydrogens is 398 g/mol. The van der Waals surface area contributed by atoms with E-state index in [4.69, 9.17) is 0 Å². The molecule has 2 fully saturated rings. The van der Waals surface area contributed by atoms with Gasteiger partial charge in [-0.25, -0.2) is 13.4 Å². The van der Waals surface area contributed by atoms with Gasteiger partial charge in [-0.15, -0.1) is 10.2 Å². The van der Waals surface area contributed by atoms with Crippen LogP contribution in [0.2, 0.25) is 0 Å². The van der Waals surface area contributed by atoms with Gasteiger partial charge in [-0.1, -0.05) is 24.6 Å². The number of nitrogens with zero attached hydrogens (tertiary/aromatic N) is 5. The maximum Gasteiger partial charge on any atom is 0.256 e. The molecule has 1 aliphatic heterocycles. The summed E-state index contributed by atoms with van der Waals surface area (Å²) in [6.45, 7) is 3.87. The van der Waals surface area contributed by atoms with E-state index in [-0.39, 0.29) is 35.2 Å². The minimum atomic E-state index is -3.04. The van der Waals surface area contributed by atoms with Crippen LogP contribution < -0.4 is 0 Å². The first kappa shape index (κ1) is 19.6. The van der Waals surface area contributed by atoms with Gasteiger partial charge < -0.3 is 4.90 Å². The molecule has 8 nitrogen and oxygen atoms in total. The molecule has 2 aromatic rings. The van der Waals surface area contributed by atoms with Gasteiger partial charge in [-0.2, -0.15) is 0 Å². The van der Waals surface area contributed by atoms with Crippen molar-refractivity contribution in [3.63, 3.8) is 0 Å². The summed E-state index contributed by atoms with van der Waals surface area (Å²) in [4.78, 5) is 19.4. The maximum absolute atomic E-state index is 13.1. The SMILES string of the molecule is Cc1cc(C)n2c(SCC(=O)N(C3CCCC3)[C@H]3CCS(=O)(=O)C3)nnc2n1. The Hall–Kier alpha value is -1.68. The molecule has 3 heterocycles. The molecule has 1 aliphatic carbocycles. The van der Waals surface area contributed by atoms with E-state index in [1.54, 1.807) is 0 Å². The molecule has 2 aromatic heterocycles. The van der Waals surface area contributed by atoms with Crippen LogP contribution in [0.1, 0.15) is 43.5 Å². The fraction of sp³-hybridized carbons (Fsp3) is 0.667. The summed E-state index contributed by atoms with van der Waals surface area (Å²) in [7, 11) is -3.04. The zero-order valence-corrected chi connectivity index (χ0v) is 17.8. The van der Waals surface area contributed by atoms with Crippen LogP contribution >= 0.6 is 11.8 Å². The first-order valence-corrected chi connectivity index (χ1v) is 12.5. The van der Waals surface area contributed by atoms with Crippen LogP contribution in [0, 0.1) is 13.8 Å². The summed E-state index contributed by atoms with van der Waals surface area (Å²) in [5, 5.41) is 8.95. The number of thioether (sulfide) groups is 1. The summed E-state index contributed by atoms with van der Waals surface area (Å²) in [5.74, 6) is 1.02. The van der Waals surface area contributed by atoms with Crippen LogP contribution in [0.15, 0.2) is 11.2 Å². The third-order valence-corrected chi connectivity index (χ3v) is 8.26. The summed E-state index contributed by atoms with van der Waals surface area (Å²) >= 11 is 1.34. The molecule has 1 amide bonds. The number of aromatic nitrogens is 4. The Labute approximate surface area is 169 Å². The van der Waals surface area contributed by atoms with E-state index in [0.717, 1.165) is 37.1 Å². The zero-order valence-electron chi connectivity index (χ0n) is 16.2. The number of carbonyl (C=O) groups is 1. The van der Waals surface area contributed by atoms with E-state index in [1.807, 2.05) is 29.2 Å². The highest BCUT2D eigenvalue weighted by atomic mass is 32.2. The highest BCUT2D eigenvalue weighted by molar-refractivity contribution is 7.99. The Balaban J connectivity index is 1.52. The molecule has 0 radical (unpaired) electrons. The largest absolute Gasteiger partial charge is 0.335 e. The smallest absolute Gasteiger partial charge is 0.256 e. The van der Waals surface area contributed by atoms with Gasteiger partial charge in [-0.3, -0.25) is 9.20 Å². The molecule has 10 heteroatoms. The van der Waals surface area contributed by atoms with Gasteiger partial charge in [0.15, 0.2) is 15.0 Å². The van der Waals surface area contributed by atoms with E-state index in [0.29, 0.717) is 17.4 Å². The number of hydrogen-bond acceptors (Lipinski definition) is 7. The normalized spacial score (nSPS) is 22.1. The molecule has 0 unspecified atom stereocenters. The van der Waals surface area contributed by atoms with Gasteiger partial charge in [-0.05, 0) is 39.2 Å². The van der Waals surface area contributed by atoms with E-state index < -0.39 is 9.84 Å². The lowest BCUT2D eigenvalue weighted by molar-refractivity contribution is -0.132. The summed E-state index contributed by atoms with van der Waals surface area (Å²) < 4.78 is 25.8. The van der Waals surface area contributed by atoms with Crippen LogP contribution in [-0.4, -0.2) is 68.1 Å². The highest BCUT2D eigenvalue weighted by Gasteiger charge is 2.38. The minimum Gasteiger partial charge on any atom is -0.335 e. The number of carbonyl (C=O) groups excluding carboxylic acids is 1. The molecule has 0 aromatic carbocycles. The Bertz CT molecular complexity index is 998. The molecule has 1 saturated heterocycles. The van der Waals surface area contributed by atoms with Crippen molar-refractivity contribution >= 4 is 33.3 Å². The van der Waals surface area contributed by atoms with Crippen LogP contribution in [0.4, 0.5) is 0 Å². The molecule has 28 heavy (non-hydrogen) atoms. The number of hydrogen-bond donors (Lipinski definition) is 0. The van der Waals surface area contributed by atoms with E-state index in [2.05, 4.69) is 15.2 Å². The van der Waals surface area contributed by atoms with Crippen molar-refractivity contribution in [2.75, 3.05) is 17.3 Å². The van der Waals surface area contributed by atoms with Gasteiger partial charge >= 0.3 is 0 Å². The topological polar surface area (TPSA) is 97.5 Å². The molecule has 0 N–H and O–H groups in total. The highest BCUT2D eigenvalue weighted by Crippen LogP contribution is 2.30. The van der Waals surface area contributed by atoms with Gasteiger partial charge in [0.1, 0.15) is 0 Å². The van der Waals surface area contributed by atoms with Crippen molar-refractivity contribution < 1.29 is 13.2 Å². The summed E-state index contributed by atoms with van der Waals surface area (Å²) in [6, 6.07) is 1.92. The first-order valence-electron chi connectivity index (χ1n) is 9.68. The van der Waals surface area contributed by atoms with Gasteiger partial charge in [0.25, 0.3) is 5.78 Å². The monoisotopic (exact) mass is 423 g/mol. The zero-order chi connectivity index (χ0) is 19.9. The molecule has 4 rings (SSSR count). The second kappa shape index (κ2) is 7.62. The average molecular weight is 424 g/mol. The van der Waals surface area contributed by atoms with Crippen LogP contribution in [-0.2, 0) is 14.6 Å². The minimum absolute atomic E-state index is 0.00604. The molecule has 152 valence electrons. The molecular formula is C18H25N5O3S2. The lowest BCUT2D eigenvalue weighted by atomic mass is 10.1. The van der Waals surface area contributed by atoms with E-state index in [9.17, 15) is 13.2 Å². The Morgan fingerprint density at radius 1 is 1.21 bits per heavy atom. The lowest BCUT2D eigenvalue weighted by Gasteiger charge is -2.34. The third kappa shape index (κ3) is 3.89. The maximum atomic E-state index is 13.1. The van der Waals surface area contributed by atoms with Crippen LogP contribution in [0.5, 0.6) is 0 Å². The molecule has 2 aliphatic rings. The molecule has 0 bridgehead atoms. The van der Waals surface area contributed by atoms with Crippen molar-refractivity contribution in [1.29, 1.82) is 0 Å². The molecule has 0 spiro atoms. The van der Waals surface area contributed by atoms with Crippen molar-refractivity contribution in [1.82, 2.24) is 24.5 Å². The lowest BCUT2D eigenvalue weighted by Crippen LogP contribution is -2.47. The number of sulfone groups is 1. The molecule has 1 saturated carbocycles. The van der Waals surface area contributed by atoms with Crippen molar-refractivity contribution in [3.8, 4) is 0 Å². The van der Waals surface area contributed by atoms with Gasteiger partial charge in [0, 0.05) is 23.5 Å². The first-order chi connectivity index (χ1) is 13.3. The Morgan fingerprint density at radius 3 is 2.64 bits per heavy atom. The predicted molar refractivity (Wildman–Crippen MR) is 107 cm³/mol. The number of fused-ring (bicyclic) bond motifs is 1. The Morgan fingerprint density at radius 2 is 1.96 bits per heavy atom. The quantitative estimate of drug-likeness (QED) is 0.676. The summed E-state index contributed by atoms with van der Waals surface area (Å²) in [5.41, 5.74) is 1.84. The van der Waals surface area contributed by atoms with Gasteiger partial charge in [0.2, 0.25) is 5.91 Å². The third-order valence-electron chi connectivity index (χ3n) is 5.60.